The highest BCUT2D eigenvalue weighted by atomic mass is 35.5. The molecule has 0 bridgehead atoms. The van der Waals surface area contributed by atoms with Crippen LogP contribution in [0.1, 0.15) is 271 Å². The highest BCUT2D eigenvalue weighted by Crippen LogP contribution is 2.20. The van der Waals surface area contributed by atoms with E-state index in [1.54, 1.807) is 4.90 Å². The number of alkyl halides is 3. The van der Waals surface area contributed by atoms with E-state index in [-0.39, 0.29) is 12.4 Å². The van der Waals surface area contributed by atoms with Crippen molar-refractivity contribution in [2.24, 2.45) is 0 Å². The third-order valence-electron chi connectivity index (χ3n) is 11.1. The van der Waals surface area contributed by atoms with Crippen LogP contribution in [-0.2, 0) is 0 Å². The predicted molar refractivity (Wildman–Crippen MR) is 226 cm³/mol. The number of nitrogens with zero attached hydrogens (tertiary/aromatic N) is 1. The standard InChI is InChI=1S/C46H92F3N.ClH/c1-3-5-7-9-11-13-15-17-19-21-23-25-27-29-31-33-35-37-39-41-43-50(45-46(47,48)49)44-42-40-38-36-34-32-30-28-26-24-22-20-18-16-14-12-10-8-6-4-2;/h3-45H2,1-2H3;1H. The molecule has 0 aromatic heterocycles. The van der Waals surface area contributed by atoms with Gasteiger partial charge in [-0.1, -0.05) is 258 Å². The van der Waals surface area contributed by atoms with Crippen LogP contribution in [0.5, 0.6) is 0 Å². The lowest BCUT2D eigenvalue weighted by Gasteiger charge is -2.23. The minimum Gasteiger partial charge on any atom is -0.295 e. The van der Waals surface area contributed by atoms with Gasteiger partial charge >= 0.3 is 6.18 Å². The van der Waals surface area contributed by atoms with Gasteiger partial charge in [0.25, 0.3) is 0 Å². The first kappa shape index (κ1) is 53.1. The first-order chi connectivity index (χ1) is 24.5. The van der Waals surface area contributed by atoms with Gasteiger partial charge in [-0.25, -0.2) is 0 Å². The number of unbranched alkanes of at least 4 members (excludes halogenated alkanes) is 38. The highest BCUT2D eigenvalue weighted by molar-refractivity contribution is 5.85. The largest absolute Gasteiger partial charge is 0.401 e. The molecule has 0 atom stereocenters. The fraction of sp³-hybridized carbons (Fsp3) is 1.00. The van der Waals surface area contributed by atoms with Crippen LogP contribution in [0.3, 0.4) is 0 Å². The van der Waals surface area contributed by atoms with Gasteiger partial charge in [-0.15, -0.1) is 12.4 Å². The Balaban J connectivity index is 0. The van der Waals surface area contributed by atoms with Crippen LogP contribution in [0, 0.1) is 0 Å². The van der Waals surface area contributed by atoms with E-state index < -0.39 is 12.7 Å². The number of hydrogen-bond acceptors (Lipinski definition) is 1. The SMILES string of the molecule is CCCCCCCCCCCCCCCCCCCCCCN(CCCCCCCCCCCCCCCCCCCCCC)CC(F)(F)F.Cl. The lowest BCUT2D eigenvalue weighted by atomic mass is 10.0. The summed E-state index contributed by atoms with van der Waals surface area (Å²) in [7, 11) is 0. The van der Waals surface area contributed by atoms with Crippen molar-refractivity contribution in [1.82, 2.24) is 4.90 Å². The molecule has 310 valence electrons. The van der Waals surface area contributed by atoms with E-state index in [1.807, 2.05) is 0 Å². The van der Waals surface area contributed by atoms with Crippen LogP contribution in [0.4, 0.5) is 13.2 Å². The minimum absolute atomic E-state index is 0. The predicted octanol–water partition coefficient (Wildman–Crippen LogP) is 17.9. The Morgan fingerprint density at radius 2 is 0.431 bits per heavy atom. The van der Waals surface area contributed by atoms with Crippen molar-refractivity contribution in [2.45, 2.75) is 277 Å². The Morgan fingerprint density at radius 3 is 0.588 bits per heavy atom. The van der Waals surface area contributed by atoms with E-state index in [2.05, 4.69) is 13.8 Å². The molecule has 0 heterocycles. The Morgan fingerprint density at radius 1 is 0.275 bits per heavy atom. The van der Waals surface area contributed by atoms with E-state index >= 15 is 0 Å². The fourth-order valence-corrected chi connectivity index (χ4v) is 7.70. The zero-order valence-corrected chi connectivity index (χ0v) is 35.7. The average molecular weight is 753 g/mol. The van der Waals surface area contributed by atoms with E-state index in [9.17, 15) is 13.2 Å². The number of hydrogen-bond donors (Lipinski definition) is 0. The summed E-state index contributed by atoms with van der Waals surface area (Å²) in [5.41, 5.74) is 0. The summed E-state index contributed by atoms with van der Waals surface area (Å²) < 4.78 is 39.5. The van der Waals surface area contributed by atoms with Crippen molar-refractivity contribution >= 4 is 12.4 Å². The van der Waals surface area contributed by atoms with Crippen LogP contribution in [0.2, 0.25) is 0 Å². The molecule has 1 nitrogen and oxygen atoms in total. The lowest BCUT2D eigenvalue weighted by Crippen LogP contribution is -2.35. The van der Waals surface area contributed by atoms with Gasteiger partial charge < -0.3 is 0 Å². The second-order valence-corrected chi connectivity index (χ2v) is 16.3. The lowest BCUT2D eigenvalue weighted by molar-refractivity contribution is -0.146. The molecule has 0 radical (unpaired) electrons. The monoisotopic (exact) mass is 752 g/mol. The number of halogens is 4. The van der Waals surface area contributed by atoms with Gasteiger partial charge in [0.05, 0.1) is 6.54 Å². The Labute approximate surface area is 326 Å². The topological polar surface area (TPSA) is 3.24 Å². The zero-order chi connectivity index (χ0) is 36.5. The fourth-order valence-electron chi connectivity index (χ4n) is 7.70. The minimum atomic E-state index is -4.08. The van der Waals surface area contributed by atoms with Crippen molar-refractivity contribution < 1.29 is 13.2 Å². The van der Waals surface area contributed by atoms with Gasteiger partial charge in [0.15, 0.2) is 0 Å². The quantitative estimate of drug-likeness (QED) is 0.0561. The van der Waals surface area contributed by atoms with E-state index in [0.717, 1.165) is 25.7 Å². The summed E-state index contributed by atoms with van der Waals surface area (Å²) in [6.45, 7) is 5.06. The molecule has 0 amide bonds. The van der Waals surface area contributed by atoms with Gasteiger partial charge in [-0.05, 0) is 25.9 Å². The van der Waals surface area contributed by atoms with Crippen molar-refractivity contribution in [3.63, 3.8) is 0 Å². The summed E-state index contributed by atoms with van der Waals surface area (Å²) in [6.07, 6.45) is 49.5. The number of rotatable bonds is 43. The second kappa shape index (κ2) is 44.4. The molecule has 0 aromatic carbocycles. The van der Waals surface area contributed by atoms with Gasteiger partial charge in [0.1, 0.15) is 0 Å². The maximum Gasteiger partial charge on any atom is 0.401 e. The first-order valence-electron chi connectivity index (χ1n) is 23.3. The molecule has 0 aliphatic heterocycles. The Hall–Kier alpha value is 0.0400. The van der Waals surface area contributed by atoms with Gasteiger partial charge in [0.2, 0.25) is 0 Å². The molecule has 0 aliphatic rings. The van der Waals surface area contributed by atoms with Crippen molar-refractivity contribution in [3.05, 3.63) is 0 Å². The second-order valence-electron chi connectivity index (χ2n) is 16.3. The van der Waals surface area contributed by atoms with Crippen molar-refractivity contribution in [3.8, 4) is 0 Å². The third-order valence-corrected chi connectivity index (χ3v) is 11.1. The molecule has 0 N–H and O–H groups in total. The van der Waals surface area contributed by atoms with Gasteiger partial charge in [0, 0.05) is 0 Å². The summed E-state index contributed by atoms with van der Waals surface area (Å²) >= 11 is 0. The Kier molecular flexibility index (Phi) is 46.3. The molecule has 0 aromatic rings. The normalized spacial score (nSPS) is 11.9. The summed E-state index contributed by atoms with van der Waals surface area (Å²) in [5.74, 6) is 0. The summed E-state index contributed by atoms with van der Waals surface area (Å²) in [6, 6.07) is 0. The molecule has 51 heavy (non-hydrogen) atoms. The zero-order valence-electron chi connectivity index (χ0n) is 34.9. The van der Waals surface area contributed by atoms with Gasteiger partial charge in [-0.3, -0.25) is 4.90 Å². The molecular weight excluding hydrogens is 659 g/mol. The van der Waals surface area contributed by atoms with Crippen LogP contribution >= 0.6 is 12.4 Å². The summed E-state index contributed by atoms with van der Waals surface area (Å²) in [5, 5.41) is 0. The van der Waals surface area contributed by atoms with Crippen molar-refractivity contribution in [2.75, 3.05) is 19.6 Å². The molecule has 0 aliphatic carbocycles. The first-order valence-corrected chi connectivity index (χ1v) is 23.3. The molecule has 0 fully saturated rings. The molecule has 0 spiro atoms. The molecule has 5 heteroatoms. The Bertz CT molecular complexity index is 570. The summed E-state index contributed by atoms with van der Waals surface area (Å²) in [4.78, 5) is 1.68. The highest BCUT2D eigenvalue weighted by Gasteiger charge is 2.30. The van der Waals surface area contributed by atoms with Crippen LogP contribution in [-0.4, -0.2) is 30.7 Å². The molecule has 0 rings (SSSR count). The van der Waals surface area contributed by atoms with E-state index in [4.69, 9.17) is 0 Å². The van der Waals surface area contributed by atoms with Crippen LogP contribution in [0.15, 0.2) is 0 Å². The molecule has 0 saturated heterocycles. The van der Waals surface area contributed by atoms with Gasteiger partial charge in [-0.2, -0.15) is 13.2 Å². The average Bonchev–Trinajstić information content (AvgIpc) is 3.09. The smallest absolute Gasteiger partial charge is 0.295 e. The molecule has 0 saturated carbocycles. The molecular formula is C46H93ClF3N. The maximum atomic E-state index is 13.2. The molecule has 0 unspecified atom stereocenters. The van der Waals surface area contributed by atoms with E-state index in [1.165, 1.54) is 231 Å². The van der Waals surface area contributed by atoms with Crippen LogP contribution < -0.4 is 0 Å². The maximum absolute atomic E-state index is 13.2. The van der Waals surface area contributed by atoms with Crippen molar-refractivity contribution in [1.29, 1.82) is 0 Å². The van der Waals surface area contributed by atoms with Crippen LogP contribution in [0.25, 0.3) is 0 Å². The van der Waals surface area contributed by atoms with E-state index in [0.29, 0.717) is 13.1 Å². The third kappa shape index (κ3) is 48.0.